The second kappa shape index (κ2) is 8.62. The average molecular weight is 398 g/mol. The Morgan fingerprint density at radius 2 is 1.93 bits per heavy atom. The number of hydrogen-bond donors (Lipinski definition) is 1. The van der Waals surface area contributed by atoms with Crippen molar-refractivity contribution >= 4 is 41.1 Å². The van der Waals surface area contributed by atoms with Crippen molar-refractivity contribution in [3.63, 3.8) is 0 Å². The summed E-state index contributed by atoms with van der Waals surface area (Å²) in [5, 5.41) is 3.88. The van der Waals surface area contributed by atoms with E-state index in [4.69, 9.17) is 4.74 Å². The van der Waals surface area contributed by atoms with Crippen molar-refractivity contribution in [1.82, 2.24) is 10.2 Å². The van der Waals surface area contributed by atoms with E-state index in [9.17, 15) is 19.2 Å². The van der Waals surface area contributed by atoms with Gasteiger partial charge in [0.1, 0.15) is 0 Å². The van der Waals surface area contributed by atoms with Crippen LogP contribution in [0.5, 0.6) is 0 Å². The monoisotopic (exact) mass is 398 g/mol. The summed E-state index contributed by atoms with van der Waals surface area (Å²) < 4.78 is 5.01. The van der Waals surface area contributed by atoms with Gasteiger partial charge in [0, 0.05) is 13.1 Å². The van der Waals surface area contributed by atoms with Crippen LogP contribution in [-0.2, 0) is 19.1 Å². The molecule has 2 aromatic rings. The van der Waals surface area contributed by atoms with Crippen LogP contribution >= 0.6 is 11.3 Å². The Morgan fingerprint density at radius 1 is 1.14 bits per heavy atom. The number of fused-ring (bicyclic) bond motifs is 1. The summed E-state index contributed by atoms with van der Waals surface area (Å²) in [4.78, 5) is 49.7. The van der Waals surface area contributed by atoms with E-state index in [0.29, 0.717) is 4.88 Å². The minimum Gasteiger partial charge on any atom is -0.455 e. The predicted molar refractivity (Wildman–Crippen MR) is 103 cm³/mol. The van der Waals surface area contributed by atoms with Crippen molar-refractivity contribution in [2.45, 2.75) is 19.4 Å². The first kappa shape index (κ1) is 19.5. The maximum atomic E-state index is 12.3. The molecule has 144 valence electrons. The van der Waals surface area contributed by atoms with Crippen molar-refractivity contribution in [1.29, 1.82) is 0 Å². The fraction of sp³-hybridized carbons (Fsp3) is 0.200. The van der Waals surface area contributed by atoms with Gasteiger partial charge < -0.3 is 9.64 Å². The Balaban J connectivity index is 1.58. The van der Waals surface area contributed by atoms with E-state index >= 15 is 0 Å². The van der Waals surface area contributed by atoms with E-state index < -0.39 is 30.4 Å². The maximum absolute atomic E-state index is 12.3. The molecule has 0 spiro atoms. The third kappa shape index (κ3) is 4.52. The minimum atomic E-state index is -0.709. The molecule has 8 heteroatoms. The van der Waals surface area contributed by atoms with Crippen LogP contribution < -0.4 is 5.32 Å². The number of benzene rings is 1. The first-order valence-corrected chi connectivity index (χ1v) is 9.43. The number of thiophene rings is 1. The molecule has 2 heterocycles. The first-order valence-electron chi connectivity index (χ1n) is 8.55. The Kier molecular flexibility index (Phi) is 6.00. The molecular formula is C20H18N2O5S. The van der Waals surface area contributed by atoms with Crippen LogP contribution in [0, 0.1) is 0 Å². The quantitative estimate of drug-likeness (QED) is 0.782. The molecular weight excluding hydrogens is 380 g/mol. The molecule has 1 aliphatic heterocycles. The number of nitrogens with zero attached hydrogens (tertiary/aromatic N) is 1. The third-order valence-electron chi connectivity index (χ3n) is 4.19. The largest absolute Gasteiger partial charge is 0.455 e. The van der Waals surface area contributed by atoms with E-state index in [0.717, 1.165) is 11.1 Å². The number of hydrogen-bond acceptors (Lipinski definition) is 6. The van der Waals surface area contributed by atoms with Crippen LogP contribution in [0.2, 0.25) is 0 Å². The highest BCUT2D eigenvalue weighted by atomic mass is 32.1. The molecule has 0 aliphatic carbocycles. The Labute approximate surface area is 165 Å². The second-order valence-electron chi connectivity index (χ2n) is 6.11. The van der Waals surface area contributed by atoms with Crippen molar-refractivity contribution < 1.29 is 23.9 Å². The van der Waals surface area contributed by atoms with Gasteiger partial charge in [0.25, 0.3) is 11.8 Å². The lowest BCUT2D eigenvalue weighted by Crippen LogP contribution is -2.35. The van der Waals surface area contributed by atoms with Crippen LogP contribution in [0.1, 0.15) is 40.2 Å². The second-order valence-corrected chi connectivity index (χ2v) is 7.05. The third-order valence-corrected chi connectivity index (χ3v) is 5.06. The van der Waals surface area contributed by atoms with Gasteiger partial charge in [0.05, 0.1) is 17.3 Å². The van der Waals surface area contributed by atoms with E-state index in [1.165, 1.54) is 23.2 Å². The zero-order valence-electron chi connectivity index (χ0n) is 15.1. The molecule has 28 heavy (non-hydrogen) atoms. The van der Waals surface area contributed by atoms with Crippen molar-refractivity contribution in [3.8, 4) is 0 Å². The summed E-state index contributed by atoms with van der Waals surface area (Å²) in [7, 11) is 0. The summed E-state index contributed by atoms with van der Waals surface area (Å²) in [5.41, 5.74) is 1.74. The summed E-state index contributed by atoms with van der Waals surface area (Å²) in [5.74, 6) is -2.09. The molecule has 0 saturated heterocycles. The van der Waals surface area contributed by atoms with Gasteiger partial charge in [-0.25, -0.2) is 0 Å². The van der Waals surface area contributed by atoms with E-state index in [1.54, 1.807) is 23.7 Å². The van der Waals surface area contributed by atoms with E-state index in [1.807, 2.05) is 30.3 Å². The number of imide groups is 1. The topological polar surface area (TPSA) is 92.8 Å². The average Bonchev–Trinajstić information content (AvgIpc) is 3.21. The van der Waals surface area contributed by atoms with Gasteiger partial charge in [-0.2, -0.15) is 0 Å². The first-order chi connectivity index (χ1) is 13.5. The van der Waals surface area contributed by atoms with Crippen LogP contribution in [0.15, 0.2) is 48.0 Å². The lowest BCUT2D eigenvalue weighted by Gasteiger charge is -2.32. The molecule has 0 fully saturated rings. The zero-order chi connectivity index (χ0) is 20.1. The van der Waals surface area contributed by atoms with E-state index in [-0.39, 0.29) is 12.3 Å². The number of ether oxygens (including phenoxy) is 1. The number of rotatable bonds is 5. The number of carbonyl (C=O) groups is 4. The maximum Gasteiger partial charge on any atom is 0.308 e. The fourth-order valence-electron chi connectivity index (χ4n) is 2.91. The Bertz CT molecular complexity index is 936. The van der Waals surface area contributed by atoms with Gasteiger partial charge in [-0.3, -0.25) is 24.5 Å². The van der Waals surface area contributed by atoms with E-state index in [2.05, 4.69) is 5.32 Å². The molecule has 1 aliphatic rings. The lowest BCUT2D eigenvalue weighted by atomic mass is 9.94. The van der Waals surface area contributed by atoms with Gasteiger partial charge in [0.2, 0.25) is 5.91 Å². The summed E-state index contributed by atoms with van der Waals surface area (Å²) >= 11 is 1.20. The highest BCUT2D eigenvalue weighted by molar-refractivity contribution is 7.12. The van der Waals surface area contributed by atoms with Gasteiger partial charge in [-0.05, 0) is 28.6 Å². The standard InChI is InChI=1S/C20H18N2O5S/c1-13(23)22-9-8-14-5-2-3-6-15(14)16(22)11-19(25)27-12-18(24)21-20(26)17-7-4-10-28-17/h2-10,16H,11-12H2,1H3,(H,21,24,26)/t16-/m0/s1. The Morgan fingerprint density at radius 3 is 2.64 bits per heavy atom. The predicted octanol–water partition coefficient (Wildman–Crippen LogP) is 2.51. The van der Waals surface area contributed by atoms with Crippen LogP contribution in [0.4, 0.5) is 0 Å². The summed E-state index contributed by atoms with van der Waals surface area (Å²) in [6, 6.07) is 10.2. The molecule has 0 bridgehead atoms. The van der Waals surface area contributed by atoms with Crippen LogP contribution in [0.25, 0.3) is 6.08 Å². The number of esters is 1. The van der Waals surface area contributed by atoms with Gasteiger partial charge >= 0.3 is 5.97 Å². The molecule has 1 aromatic carbocycles. The molecule has 3 rings (SSSR count). The lowest BCUT2D eigenvalue weighted by molar-refractivity contribution is -0.150. The molecule has 3 amide bonds. The normalized spacial score (nSPS) is 14.9. The molecule has 0 unspecified atom stereocenters. The van der Waals surface area contributed by atoms with Gasteiger partial charge in [-0.15, -0.1) is 11.3 Å². The molecule has 1 atom stereocenters. The van der Waals surface area contributed by atoms with Crippen molar-refractivity contribution in [2.24, 2.45) is 0 Å². The smallest absolute Gasteiger partial charge is 0.308 e. The number of amides is 3. The minimum absolute atomic E-state index is 0.104. The SMILES string of the molecule is CC(=O)N1C=Cc2ccccc2[C@@H]1CC(=O)OCC(=O)NC(=O)c1cccs1. The molecule has 7 nitrogen and oxygen atoms in total. The Hall–Kier alpha value is -3.26. The van der Waals surface area contributed by atoms with Gasteiger partial charge in [-0.1, -0.05) is 30.3 Å². The highest BCUT2D eigenvalue weighted by Crippen LogP contribution is 2.33. The number of nitrogens with one attached hydrogen (secondary N) is 1. The summed E-state index contributed by atoms with van der Waals surface area (Å²) in [6.07, 6.45) is 3.34. The van der Waals surface area contributed by atoms with Gasteiger partial charge in [0.15, 0.2) is 6.61 Å². The van der Waals surface area contributed by atoms with Crippen molar-refractivity contribution in [3.05, 3.63) is 64.0 Å². The zero-order valence-corrected chi connectivity index (χ0v) is 15.9. The molecule has 0 radical (unpaired) electrons. The molecule has 0 saturated carbocycles. The van der Waals surface area contributed by atoms with Crippen LogP contribution in [0.3, 0.4) is 0 Å². The van der Waals surface area contributed by atoms with Crippen LogP contribution in [-0.4, -0.2) is 35.2 Å². The summed E-state index contributed by atoms with van der Waals surface area (Å²) in [6.45, 7) is 0.848. The molecule has 1 N–H and O–H groups in total. The highest BCUT2D eigenvalue weighted by Gasteiger charge is 2.29. The van der Waals surface area contributed by atoms with Crippen molar-refractivity contribution in [2.75, 3.05) is 6.61 Å². The fourth-order valence-corrected chi connectivity index (χ4v) is 3.53. The molecule has 1 aromatic heterocycles. The number of carbonyl (C=O) groups excluding carboxylic acids is 4.